The Kier molecular flexibility index (Phi) is 3.92. The standard InChI is InChI=1S/C9H4ClF5O2/c10-5-3-4(7(16)8(11)12)1-2-6(5)17-9(13,14)15/h1-3,8H. The second kappa shape index (κ2) is 4.87. The van der Waals surface area contributed by atoms with E-state index in [1.807, 2.05) is 0 Å². The molecule has 1 aromatic rings. The van der Waals surface area contributed by atoms with Gasteiger partial charge in [0.25, 0.3) is 0 Å². The van der Waals surface area contributed by atoms with Gasteiger partial charge in [0.2, 0.25) is 5.78 Å². The number of carbonyl (C=O) groups is 1. The molecule has 0 aromatic heterocycles. The lowest BCUT2D eigenvalue weighted by Gasteiger charge is -2.10. The molecule has 0 bridgehead atoms. The topological polar surface area (TPSA) is 26.3 Å². The summed E-state index contributed by atoms with van der Waals surface area (Å²) in [5.41, 5.74) is -0.487. The molecule has 1 aromatic carbocycles. The van der Waals surface area contributed by atoms with Crippen LogP contribution in [0.3, 0.4) is 0 Å². The van der Waals surface area contributed by atoms with Crippen molar-refractivity contribution < 1.29 is 31.5 Å². The Morgan fingerprint density at radius 1 is 1.29 bits per heavy atom. The van der Waals surface area contributed by atoms with Crippen LogP contribution in [-0.2, 0) is 0 Å². The molecule has 0 heterocycles. The summed E-state index contributed by atoms with van der Waals surface area (Å²) in [4.78, 5) is 10.8. The van der Waals surface area contributed by atoms with Crippen LogP contribution in [0.4, 0.5) is 22.0 Å². The minimum atomic E-state index is -4.95. The van der Waals surface area contributed by atoms with Crippen LogP contribution in [0.15, 0.2) is 18.2 Å². The van der Waals surface area contributed by atoms with Gasteiger partial charge >= 0.3 is 12.8 Å². The van der Waals surface area contributed by atoms with Crippen molar-refractivity contribution in [3.63, 3.8) is 0 Å². The average Bonchev–Trinajstić information content (AvgIpc) is 2.18. The van der Waals surface area contributed by atoms with Gasteiger partial charge in [0.05, 0.1) is 5.02 Å². The number of ketones is 1. The molecule has 1 rings (SSSR count). The van der Waals surface area contributed by atoms with Gasteiger partial charge in [-0.05, 0) is 18.2 Å². The molecular formula is C9H4ClF5O2. The lowest BCUT2D eigenvalue weighted by atomic mass is 10.1. The summed E-state index contributed by atoms with van der Waals surface area (Å²) in [5, 5.41) is -0.575. The van der Waals surface area contributed by atoms with Crippen LogP contribution in [-0.4, -0.2) is 18.6 Å². The molecule has 0 amide bonds. The maximum Gasteiger partial charge on any atom is 0.573 e. The van der Waals surface area contributed by atoms with E-state index in [1.165, 1.54) is 0 Å². The van der Waals surface area contributed by atoms with Crippen molar-refractivity contribution >= 4 is 17.4 Å². The Hall–Kier alpha value is -1.37. The third kappa shape index (κ3) is 3.85. The fourth-order valence-corrected chi connectivity index (χ4v) is 1.21. The zero-order valence-electron chi connectivity index (χ0n) is 7.89. The molecule has 0 saturated heterocycles. The van der Waals surface area contributed by atoms with Crippen LogP contribution in [0.2, 0.25) is 5.02 Å². The highest BCUT2D eigenvalue weighted by Crippen LogP contribution is 2.31. The van der Waals surface area contributed by atoms with Gasteiger partial charge in [0, 0.05) is 5.56 Å². The summed E-state index contributed by atoms with van der Waals surface area (Å²) < 4.78 is 63.0. The van der Waals surface area contributed by atoms with Crippen molar-refractivity contribution in [3.8, 4) is 5.75 Å². The molecule has 0 N–H and O–H groups in total. The van der Waals surface area contributed by atoms with Crippen LogP contribution in [0, 0.1) is 0 Å². The number of carbonyl (C=O) groups excluding carboxylic acids is 1. The summed E-state index contributed by atoms with van der Waals surface area (Å²) >= 11 is 5.36. The largest absolute Gasteiger partial charge is 0.573 e. The van der Waals surface area contributed by atoms with E-state index >= 15 is 0 Å². The number of benzene rings is 1. The summed E-state index contributed by atoms with van der Waals surface area (Å²) in [7, 11) is 0. The van der Waals surface area contributed by atoms with Crippen LogP contribution < -0.4 is 4.74 Å². The minimum absolute atomic E-state index is 0.487. The zero-order chi connectivity index (χ0) is 13.2. The number of hydrogen-bond donors (Lipinski definition) is 0. The summed E-state index contributed by atoms with van der Waals surface area (Å²) in [6.45, 7) is 0. The number of hydrogen-bond acceptors (Lipinski definition) is 2. The maximum absolute atomic E-state index is 12.0. The van der Waals surface area contributed by atoms with E-state index in [2.05, 4.69) is 4.74 Å². The SMILES string of the molecule is O=C(c1ccc(OC(F)(F)F)c(Cl)c1)C(F)F. The predicted molar refractivity (Wildman–Crippen MR) is 48.5 cm³/mol. The minimum Gasteiger partial charge on any atom is -0.404 e. The summed E-state index contributed by atoms with van der Waals surface area (Å²) in [6.07, 6.45) is -8.20. The van der Waals surface area contributed by atoms with Gasteiger partial charge < -0.3 is 4.74 Å². The van der Waals surface area contributed by atoms with Gasteiger partial charge in [-0.25, -0.2) is 8.78 Å². The molecule has 0 saturated carbocycles. The van der Waals surface area contributed by atoms with Gasteiger partial charge in [-0.3, -0.25) is 4.79 Å². The second-order valence-electron chi connectivity index (χ2n) is 2.86. The quantitative estimate of drug-likeness (QED) is 0.621. The van der Waals surface area contributed by atoms with Crippen LogP contribution in [0.25, 0.3) is 0 Å². The van der Waals surface area contributed by atoms with E-state index in [4.69, 9.17) is 11.6 Å². The smallest absolute Gasteiger partial charge is 0.404 e. The maximum atomic E-state index is 12.0. The summed E-state index contributed by atoms with van der Waals surface area (Å²) in [6, 6.07) is 2.17. The highest BCUT2D eigenvalue weighted by atomic mass is 35.5. The third-order valence-electron chi connectivity index (χ3n) is 1.64. The first-order valence-electron chi connectivity index (χ1n) is 4.08. The molecular weight excluding hydrogens is 271 g/mol. The molecule has 0 aliphatic rings. The molecule has 8 heteroatoms. The molecule has 0 aliphatic carbocycles. The first kappa shape index (κ1) is 13.7. The number of Topliss-reactive ketones (excluding diaryl/α,β-unsaturated/α-hetero) is 1. The van der Waals surface area contributed by atoms with Crippen molar-refractivity contribution in [3.05, 3.63) is 28.8 Å². The van der Waals surface area contributed by atoms with Crippen molar-refractivity contribution in [1.29, 1.82) is 0 Å². The van der Waals surface area contributed by atoms with E-state index in [9.17, 15) is 26.7 Å². The first-order valence-corrected chi connectivity index (χ1v) is 4.46. The summed E-state index contributed by atoms with van der Waals surface area (Å²) in [5.74, 6) is -2.28. The van der Waals surface area contributed by atoms with Crippen LogP contribution in [0.1, 0.15) is 10.4 Å². The van der Waals surface area contributed by atoms with E-state index in [0.717, 1.165) is 6.07 Å². The van der Waals surface area contributed by atoms with Gasteiger partial charge in [-0.15, -0.1) is 13.2 Å². The lowest BCUT2D eigenvalue weighted by Crippen LogP contribution is -2.17. The highest BCUT2D eigenvalue weighted by molar-refractivity contribution is 6.32. The Morgan fingerprint density at radius 2 is 1.88 bits per heavy atom. The van der Waals surface area contributed by atoms with Crippen molar-refractivity contribution in [2.24, 2.45) is 0 Å². The normalized spacial score (nSPS) is 11.7. The van der Waals surface area contributed by atoms with E-state index in [1.54, 1.807) is 0 Å². The molecule has 0 spiro atoms. The van der Waals surface area contributed by atoms with Gasteiger partial charge in [-0.2, -0.15) is 0 Å². The van der Waals surface area contributed by atoms with Crippen LogP contribution >= 0.6 is 11.6 Å². The molecule has 17 heavy (non-hydrogen) atoms. The lowest BCUT2D eigenvalue weighted by molar-refractivity contribution is -0.274. The highest BCUT2D eigenvalue weighted by Gasteiger charge is 2.32. The number of ether oxygens (including phenoxy) is 1. The number of rotatable bonds is 3. The predicted octanol–water partition coefficient (Wildman–Crippen LogP) is 3.69. The van der Waals surface area contributed by atoms with Crippen molar-refractivity contribution in [2.75, 3.05) is 0 Å². The number of halogens is 6. The van der Waals surface area contributed by atoms with Gasteiger partial charge in [0.1, 0.15) is 5.75 Å². The molecule has 0 unspecified atom stereocenters. The van der Waals surface area contributed by atoms with Crippen molar-refractivity contribution in [1.82, 2.24) is 0 Å². The number of alkyl halides is 5. The monoisotopic (exact) mass is 274 g/mol. The van der Waals surface area contributed by atoms with E-state index in [-0.39, 0.29) is 0 Å². The molecule has 0 radical (unpaired) electrons. The van der Waals surface area contributed by atoms with E-state index in [0.29, 0.717) is 12.1 Å². The zero-order valence-corrected chi connectivity index (χ0v) is 8.65. The third-order valence-corrected chi connectivity index (χ3v) is 1.94. The molecule has 94 valence electrons. The van der Waals surface area contributed by atoms with E-state index < -0.39 is 34.9 Å². The fourth-order valence-electron chi connectivity index (χ4n) is 0.988. The van der Waals surface area contributed by atoms with Crippen LogP contribution in [0.5, 0.6) is 5.75 Å². The Balaban J connectivity index is 2.98. The fraction of sp³-hybridized carbons (Fsp3) is 0.222. The Bertz CT molecular complexity index is 430. The molecule has 0 aliphatic heterocycles. The average molecular weight is 275 g/mol. The Morgan fingerprint density at radius 3 is 2.29 bits per heavy atom. The second-order valence-corrected chi connectivity index (χ2v) is 3.27. The Labute approximate surface area is 96.9 Å². The van der Waals surface area contributed by atoms with Gasteiger partial charge in [0.15, 0.2) is 0 Å². The molecule has 2 nitrogen and oxygen atoms in total. The van der Waals surface area contributed by atoms with Crippen molar-refractivity contribution in [2.45, 2.75) is 12.8 Å². The first-order chi connectivity index (χ1) is 7.70. The van der Waals surface area contributed by atoms with Gasteiger partial charge in [-0.1, -0.05) is 11.6 Å². The molecule has 0 atom stereocenters. The molecule has 0 fully saturated rings.